The second-order valence-corrected chi connectivity index (χ2v) is 6.27. The number of halogens is 3. The van der Waals surface area contributed by atoms with Gasteiger partial charge in [0.15, 0.2) is 0 Å². The van der Waals surface area contributed by atoms with E-state index in [-0.39, 0.29) is 11.3 Å². The van der Waals surface area contributed by atoms with Gasteiger partial charge in [-0.15, -0.1) is 5.10 Å². The molecular weight excluding hydrogens is 357 g/mol. The number of nitrogens with zero attached hydrogens (tertiary/aromatic N) is 2. The highest BCUT2D eigenvalue weighted by molar-refractivity contribution is 5.69. The quantitative estimate of drug-likeness (QED) is 0.697. The Morgan fingerprint density at radius 1 is 0.926 bits per heavy atom. The van der Waals surface area contributed by atoms with Gasteiger partial charge < -0.3 is 10.2 Å². The van der Waals surface area contributed by atoms with Gasteiger partial charge in [0.05, 0.1) is 17.0 Å². The minimum absolute atomic E-state index is 0.197. The fourth-order valence-electron chi connectivity index (χ4n) is 2.82. The van der Waals surface area contributed by atoms with Crippen molar-refractivity contribution in [2.45, 2.75) is 25.9 Å². The standard InChI is InChI=1S/C20H17F3N2O2/c1-12-9-15(7-5-13-3-2-4-16(26)10-13)24-25-19(12)17-8-6-14(11-18(17)27)20(21,22)23/h2-4,6,8-11,26-27H,5,7H2,1H3. The maximum absolute atomic E-state index is 12.7. The molecule has 4 nitrogen and oxygen atoms in total. The first-order chi connectivity index (χ1) is 12.7. The lowest BCUT2D eigenvalue weighted by Crippen LogP contribution is -2.05. The molecule has 0 unspecified atom stereocenters. The SMILES string of the molecule is Cc1cc(CCc2cccc(O)c2)nnc1-c1ccc(C(F)(F)F)cc1O. The van der Waals surface area contributed by atoms with E-state index >= 15 is 0 Å². The van der Waals surface area contributed by atoms with E-state index in [1.807, 2.05) is 6.07 Å². The zero-order valence-electron chi connectivity index (χ0n) is 14.5. The number of phenols is 2. The Bertz CT molecular complexity index is 972. The molecule has 0 bridgehead atoms. The third kappa shape index (κ3) is 4.36. The first-order valence-corrected chi connectivity index (χ1v) is 8.26. The molecule has 1 heterocycles. The third-order valence-electron chi connectivity index (χ3n) is 4.20. The third-order valence-corrected chi connectivity index (χ3v) is 4.20. The van der Waals surface area contributed by atoms with Crippen LogP contribution in [-0.2, 0) is 19.0 Å². The fourth-order valence-corrected chi connectivity index (χ4v) is 2.82. The van der Waals surface area contributed by atoms with Gasteiger partial charge in [0, 0.05) is 5.56 Å². The van der Waals surface area contributed by atoms with Crippen molar-refractivity contribution in [2.24, 2.45) is 0 Å². The molecule has 0 atom stereocenters. The number of phenolic OH excluding ortho intramolecular Hbond substituents is 2. The van der Waals surface area contributed by atoms with E-state index in [0.717, 1.165) is 11.6 Å². The Labute approximate surface area is 153 Å². The molecule has 0 spiro atoms. The zero-order chi connectivity index (χ0) is 19.6. The van der Waals surface area contributed by atoms with Gasteiger partial charge in [-0.1, -0.05) is 12.1 Å². The lowest BCUT2D eigenvalue weighted by atomic mass is 10.0. The summed E-state index contributed by atoms with van der Waals surface area (Å²) in [5, 5.41) is 27.7. The van der Waals surface area contributed by atoms with Crippen LogP contribution in [-0.4, -0.2) is 20.4 Å². The number of rotatable bonds is 4. The highest BCUT2D eigenvalue weighted by atomic mass is 19.4. The summed E-state index contributed by atoms with van der Waals surface area (Å²) < 4.78 is 38.2. The van der Waals surface area contributed by atoms with Crippen LogP contribution in [0.3, 0.4) is 0 Å². The van der Waals surface area contributed by atoms with Gasteiger partial charge in [-0.25, -0.2) is 0 Å². The number of hydrogen-bond acceptors (Lipinski definition) is 4. The molecule has 0 aliphatic heterocycles. The first-order valence-electron chi connectivity index (χ1n) is 8.26. The number of aromatic hydroxyl groups is 2. The average Bonchev–Trinajstić information content (AvgIpc) is 2.60. The number of alkyl halides is 3. The number of hydrogen-bond donors (Lipinski definition) is 2. The second-order valence-electron chi connectivity index (χ2n) is 6.27. The summed E-state index contributed by atoms with van der Waals surface area (Å²) in [5.41, 5.74) is 1.99. The summed E-state index contributed by atoms with van der Waals surface area (Å²) >= 11 is 0. The van der Waals surface area contributed by atoms with Gasteiger partial charge in [-0.05, 0) is 67.3 Å². The predicted octanol–water partition coefficient (Wildman–Crippen LogP) is 4.67. The molecule has 0 aliphatic carbocycles. The van der Waals surface area contributed by atoms with Gasteiger partial charge in [0.1, 0.15) is 11.5 Å². The molecule has 0 amide bonds. The van der Waals surface area contributed by atoms with E-state index in [2.05, 4.69) is 10.2 Å². The second kappa shape index (κ2) is 7.26. The number of benzene rings is 2. The van der Waals surface area contributed by atoms with Crippen molar-refractivity contribution in [1.82, 2.24) is 10.2 Å². The van der Waals surface area contributed by atoms with E-state index in [9.17, 15) is 23.4 Å². The Balaban J connectivity index is 1.81. The molecule has 0 aliphatic rings. The van der Waals surface area contributed by atoms with Crippen molar-refractivity contribution in [2.75, 3.05) is 0 Å². The highest BCUT2D eigenvalue weighted by Crippen LogP contribution is 2.36. The molecule has 0 saturated heterocycles. The molecule has 0 radical (unpaired) electrons. The van der Waals surface area contributed by atoms with Crippen molar-refractivity contribution in [3.63, 3.8) is 0 Å². The minimum atomic E-state index is -4.52. The minimum Gasteiger partial charge on any atom is -0.508 e. The van der Waals surface area contributed by atoms with Gasteiger partial charge in [-0.3, -0.25) is 0 Å². The Morgan fingerprint density at radius 3 is 2.33 bits per heavy atom. The normalized spacial score (nSPS) is 11.6. The van der Waals surface area contributed by atoms with Crippen molar-refractivity contribution in [1.29, 1.82) is 0 Å². The predicted molar refractivity (Wildman–Crippen MR) is 94.4 cm³/mol. The first kappa shape index (κ1) is 18.7. The Morgan fingerprint density at radius 2 is 1.70 bits per heavy atom. The van der Waals surface area contributed by atoms with Crippen LogP contribution in [0, 0.1) is 6.92 Å². The largest absolute Gasteiger partial charge is 0.508 e. The van der Waals surface area contributed by atoms with E-state index in [1.54, 1.807) is 31.2 Å². The molecule has 7 heteroatoms. The number of aromatic nitrogens is 2. The van der Waals surface area contributed by atoms with Crippen LogP contribution < -0.4 is 0 Å². The smallest absolute Gasteiger partial charge is 0.416 e. The van der Waals surface area contributed by atoms with E-state index < -0.39 is 17.5 Å². The van der Waals surface area contributed by atoms with Crippen molar-refractivity contribution >= 4 is 0 Å². The lowest BCUT2D eigenvalue weighted by Gasteiger charge is -2.11. The van der Waals surface area contributed by atoms with Crippen LogP contribution in [0.4, 0.5) is 13.2 Å². The molecular formula is C20H17F3N2O2. The maximum Gasteiger partial charge on any atom is 0.416 e. The molecule has 0 saturated carbocycles. The molecule has 2 aromatic carbocycles. The van der Waals surface area contributed by atoms with Gasteiger partial charge in [0.2, 0.25) is 0 Å². The summed E-state index contributed by atoms with van der Waals surface area (Å²) in [4.78, 5) is 0. The van der Waals surface area contributed by atoms with Gasteiger partial charge in [0.25, 0.3) is 0 Å². The molecule has 1 aromatic heterocycles. The van der Waals surface area contributed by atoms with E-state index in [0.29, 0.717) is 35.9 Å². The highest BCUT2D eigenvalue weighted by Gasteiger charge is 2.31. The van der Waals surface area contributed by atoms with Crippen molar-refractivity contribution in [3.05, 3.63) is 70.9 Å². The van der Waals surface area contributed by atoms with Crippen molar-refractivity contribution < 1.29 is 23.4 Å². The topological polar surface area (TPSA) is 66.2 Å². The molecule has 140 valence electrons. The summed E-state index contributed by atoms with van der Waals surface area (Å²) in [6, 6.07) is 11.5. The molecule has 0 fully saturated rings. The molecule has 3 rings (SSSR count). The van der Waals surface area contributed by atoms with E-state index in [4.69, 9.17) is 0 Å². The monoisotopic (exact) mass is 374 g/mol. The van der Waals surface area contributed by atoms with Gasteiger partial charge >= 0.3 is 6.18 Å². The Kier molecular flexibility index (Phi) is 5.03. The van der Waals surface area contributed by atoms with E-state index in [1.165, 1.54) is 6.07 Å². The zero-order valence-corrected chi connectivity index (χ0v) is 14.5. The van der Waals surface area contributed by atoms with Crippen molar-refractivity contribution in [3.8, 4) is 22.8 Å². The molecule has 3 aromatic rings. The van der Waals surface area contributed by atoms with Crippen LogP contribution >= 0.6 is 0 Å². The van der Waals surface area contributed by atoms with Crippen LogP contribution in [0.5, 0.6) is 11.5 Å². The Hall–Kier alpha value is -3.09. The summed E-state index contributed by atoms with van der Waals surface area (Å²) in [5.74, 6) is -0.294. The summed E-state index contributed by atoms with van der Waals surface area (Å²) in [7, 11) is 0. The fraction of sp³-hybridized carbons (Fsp3) is 0.200. The summed E-state index contributed by atoms with van der Waals surface area (Å²) in [6.45, 7) is 1.76. The molecule has 2 N–H and O–H groups in total. The molecule has 27 heavy (non-hydrogen) atoms. The van der Waals surface area contributed by atoms with Crippen LogP contribution in [0.2, 0.25) is 0 Å². The van der Waals surface area contributed by atoms with Crippen LogP contribution in [0.1, 0.15) is 22.4 Å². The van der Waals surface area contributed by atoms with Gasteiger partial charge in [-0.2, -0.15) is 18.3 Å². The average molecular weight is 374 g/mol. The van der Waals surface area contributed by atoms with Crippen LogP contribution in [0.25, 0.3) is 11.3 Å². The maximum atomic E-state index is 12.7. The van der Waals surface area contributed by atoms with Crippen LogP contribution in [0.15, 0.2) is 48.5 Å². The number of aryl methyl sites for hydroxylation is 3. The lowest BCUT2D eigenvalue weighted by molar-refractivity contribution is -0.137. The summed E-state index contributed by atoms with van der Waals surface area (Å²) in [6.07, 6.45) is -3.27.